The Kier molecular flexibility index (Phi) is 3.56. The summed E-state index contributed by atoms with van der Waals surface area (Å²) in [5.41, 5.74) is 1.04. The van der Waals surface area contributed by atoms with Crippen molar-refractivity contribution in [1.29, 1.82) is 0 Å². The first-order chi connectivity index (χ1) is 7.38. The molecule has 0 aliphatic heterocycles. The largest absolute Gasteiger partial charge is 0.490 e. The van der Waals surface area contributed by atoms with Gasteiger partial charge in [0.25, 0.3) is 0 Å². The van der Waals surface area contributed by atoms with Crippen LogP contribution in [0.5, 0.6) is 5.75 Å². The Morgan fingerprint density at radius 1 is 1.47 bits per heavy atom. The number of pyridine rings is 1. The molecule has 3 nitrogen and oxygen atoms in total. The maximum Gasteiger partial charge on any atom is 0.123 e. The van der Waals surface area contributed by atoms with Crippen LogP contribution in [-0.2, 0) is 6.54 Å². The average Bonchev–Trinajstić information content (AvgIpc) is 2.71. The van der Waals surface area contributed by atoms with Gasteiger partial charge in [-0.25, -0.2) is 0 Å². The first-order valence-corrected chi connectivity index (χ1v) is 5.64. The van der Waals surface area contributed by atoms with Gasteiger partial charge < -0.3 is 10.1 Å². The quantitative estimate of drug-likeness (QED) is 0.819. The summed E-state index contributed by atoms with van der Waals surface area (Å²) in [4.78, 5) is 4.26. The minimum Gasteiger partial charge on any atom is -0.490 e. The van der Waals surface area contributed by atoms with Gasteiger partial charge in [0.05, 0.1) is 11.8 Å². The second kappa shape index (κ2) is 5.12. The van der Waals surface area contributed by atoms with E-state index in [0.717, 1.165) is 18.0 Å². The Balaban J connectivity index is 1.97. The zero-order valence-electron chi connectivity index (χ0n) is 9.20. The van der Waals surface area contributed by atoms with Gasteiger partial charge in [-0.1, -0.05) is 0 Å². The SMILES string of the molecule is CNCc1cc(OC2CCCC2)ccn1. The van der Waals surface area contributed by atoms with E-state index in [4.69, 9.17) is 4.74 Å². The minimum atomic E-state index is 0.426. The second-order valence-electron chi connectivity index (χ2n) is 4.04. The normalized spacial score (nSPS) is 16.9. The Bertz CT molecular complexity index is 308. The van der Waals surface area contributed by atoms with E-state index in [9.17, 15) is 0 Å². The predicted molar refractivity (Wildman–Crippen MR) is 59.9 cm³/mol. The fraction of sp³-hybridized carbons (Fsp3) is 0.583. The monoisotopic (exact) mass is 206 g/mol. The van der Waals surface area contributed by atoms with Gasteiger partial charge in [-0.05, 0) is 38.8 Å². The molecule has 3 heteroatoms. The zero-order chi connectivity index (χ0) is 10.5. The van der Waals surface area contributed by atoms with E-state index in [1.165, 1.54) is 25.7 Å². The van der Waals surface area contributed by atoms with Gasteiger partial charge in [-0.2, -0.15) is 0 Å². The van der Waals surface area contributed by atoms with Crippen molar-refractivity contribution in [2.45, 2.75) is 38.3 Å². The van der Waals surface area contributed by atoms with Crippen LogP contribution >= 0.6 is 0 Å². The van der Waals surface area contributed by atoms with Crippen LogP contribution in [-0.4, -0.2) is 18.1 Å². The van der Waals surface area contributed by atoms with Gasteiger partial charge in [-0.15, -0.1) is 0 Å². The van der Waals surface area contributed by atoms with Crippen molar-refractivity contribution in [3.8, 4) is 5.75 Å². The van der Waals surface area contributed by atoms with E-state index >= 15 is 0 Å². The standard InChI is InChI=1S/C12H18N2O/c1-13-9-10-8-12(6-7-14-10)15-11-4-2-3-5-11/h6-8,11,13H,2-5,9H2,1H3. The number of nitrogens with zero attached hydrogens (tertiary/aromatic N) is 1. The zero-order valence-corrected chi connectivity index (χ0v) is 9.20. The van der Waals surface area contributed by atoms with Crippen LogP contribution in [0.15, 0.2) is 18.3 Å². The molecule has 0 unspecified atom stereocenters. The molecule has 82 valence electrons. The lowest BCUT2D eigenvalue weighted by Gasteiger charge is -2.13. The lowest BCUT2D eigenvalue weighted by molar-refractivity contribution is 0.209. The summed E-state index contributed by atoms with van der Waals surface area (Å²) in [6.07, 6.45) is 7.25. The molecule has 0 spiro atoms. The molecule has 0 amide bonds. The van der Waals surface area contributed by atoms with Gasteiger partial charge in [-0.3, -0.25) is 4.98 Å². The third-order valence-corrected chi connectivity index (χ3v) is 2.75. The molecule has 1 heterocycles. The molecule has 0 radical (unpaired) electrons. The summed E-state index contributed by atoms with van der Waals surface area (Å²) >= 11 is 0. The topological polar surface area (TPSA) is 34.1 Å². The van der Waals surface area contributed by atoms with Crippen molar-refractivity contribution < 1.29 is 4.74 Å². The lowest BCUT2D eigenvalue weighted by atomic mass is 10.3. The number of aromatic nitrogens is 1. The maximum absolute atomic E-state index is 5.89. The lowest BCUT2D eigenvalue weighted by Crippen LogP contribution is -2.12. The summed E-state index contributed by atoms with van der Waals surface area (Å²) in [5, 5.41) is 3.09. The summed E-state index contributed by atoms with van der Waals surface area (Å²) in [5.74, 6) is 0.960. The molecular formula is C12H18N2O. The van der Waals surface area contributed by atoms with Crippen LogP contribution < -0.4 is 10.1 Å². The van der Waals surface area contributed by atoms with Crippen LogP contribution in [0.25, 0.3) is 0 Å². The van der Waals surface area contributed by atoms with Crippen LogP contribution in [0.4, 0.5) is 0 Å². The van der Waals surface area contributed by atoms with Crippen molar-refractivity contribution in [3.05, 3.63) is 24.0 Å². The highest BCUT2D eigenvalue weighted by Gasteiger charge is 2.16. The van der Waals surface area contributed by atoms with Crippen LogP contribution in [0.3, 0.4) is 0 Å². The highest BCUT2D eigenvalue weighted by molar-refractivity contribution is 5.22. The number of hydrogen-bond donors (Lipinski definition) is 1. The van der Waals surface area contributed by atoms with Gasteiger partial charge >= 0.3 is 0 Å². The van der Waals surface area contributed by atoms with E-state index in [1.807, 2.05) is 25.4 Å². The van der Waals surface area contributed by atoms with Crippen LogP contribution in [0.1, 0.15) is 31.4 Å². The third kappa shape index (κ3) is 2.93. The number of ether oxygens (including phenoxy) is 1. The molecule has 0 bridgehead atoms. The van der Waals surface area contributed by atoms with Crippen molar-refractivity contribution in [2.75, 3.05) is 7.05 Å². The molecular weight excluding hydrogens is 188 g/mol. The Morgan fingerprint density at radius 3 is 3.00 bits per heavy atom. The molecule has 1 aromatic heterocycles. The number of nitrogens with one attached hydrogen (secondary N) is 1. The second-order valence-corrected chi connectivity index (χ2v) is 4.04. The summed E-state index contributed by atoms with van der Waals surface area (Å²) < 4.78 is 5.89. The van der Waals surface area contributed by atoms with E-state index in [2.05, 4.69) is 10.3 Å². The molecule has 1 N–H and O–H groups in total. The predicted octanol–water partition coefficient (Wildman–Crippen LogP) is 2.12. The molecule has 15 heavy (non-hydrogen) atoms. The summed E-state index contributed by atoms with van der Waals surface area (Å²) in [6, 6.07) is 3.96. The molecule has 0 saturated heterocycles. The molecule has 1 aliphatic rings. The van der Waals surface area contributed by atoms with Crippen LogP contribution in [0, 0.1) is 0 Å². The Morgan fingerprint density at radius 2 is 2.27 bits per heavy atom. The van der Waals surface area contributed by atoms with Gasteiger partial charge in [0.2, 0.25) is 0 Å². The van der Waals surface area contributed by atoms with E-state index in [0.29, 0.717) is 6.10 Å². The minimum absolute atomic E-state index is 0.426. The first kappa shape index (κ1) is 10.4. The molecule has 1 aromatic rings. The Hall–Kier alpha value is -1.09. The van der Waals surface area contributed by atoms with Crippen molar-refractivity contribution in [1.82, 2.24) is 10.3 Å². The molecule has 1 fully saturated rings. The highest BCUT2D eigenvalue weighted by atomic mass is 16.5. The fourth-order valence-corrected chi connectivity index (χ4v) is 2.01. The van der Waals surface area contributed by atoms with E-state index in [1.54, 1.807) is 0 Å². The third-order valence-electron chi connectivity index (χ3n) is 2.75. The molecule has 2 rings (SSSR count). The maximum atomic E-state index is 5.89. The summed E-state index contributed by atoms with van der Waals surface area (Å²) in [6.45, 7) is 0.794. The average molecular weight is 206 g/mol. The van der Waals surface area contributed by atoms with E-state index in [-0.39, 0.29) is 0 Å². The van der Waals surface area contributed by atoms with Crippen molar-refractivity contribution in [2.24, 2.45) is 0 Å². The fourth-order valence-electron chi connectivity index (χ4n) is 2.01. The van der Waals surface area contributed by atoms with Gasteiger partial charge in [0.1, 0.15) is 5.75 Å². The molecule has 0 aromatic carbocycles. The number of hydrogen-bond acceptors (Lipinski definition) is 3. The molecule has 1 aliphatic carbocycles. The van der Waals surface area contributed by atoms with E-state index < -0.39 is 0 Å². The number of rotatable bonds is 4. The smallest absolute Gasteiger partial charge is 0.123 e. The van der Waals surface area contributed by atoms with Gasteiger partial charge in [0.15, 0.2) is 0 Å². The summed E-state index contributed by atoms with van der Waals surface area (Å²) in [7, 11) is 1.92. The molecule has 1 saturated carbocycles. The highest BCUT2D eigenvalue weighted by Crippen LogP contribution is 2.23. The van der Waals surface area contributed by atoms with Crippen molar-refractivity contribution >= 4 is 0 Å². The first-order valence-electron chi connectivity index (χ1n) is 5.64. The van der Waals surface area contributed by atoms with Gasteiger partial charge in [0, 0.05) is 18.8 Å². The van der Waals surface area contributed by atoms with Crippen LogP contribution in [0.2, 0.25) is 0 Å². The van der Waals surface area contributed by atoms with Crippen molar-refractivity contribution in [3.63, 3.8) is 0 Å². The molecule has 0 atom stereocenters. The Labute approximate surface area is 90.9 Å².